The van der Waals surface area contributed by atoms with E-state index in [1.807, 2.05) is 6.92 Å². The zero-order chi connectivity index (χ0) is 9.84. The lowest BCUT2D eigenvalue weighted by Crippen LogP contribution is -2.09. The van der Waals surface area contributed by atoms with Crippen molar-refractivity contribution in [2.75, 3.05) is 0 Å². The molecule has 0 radical (unpaired) electrons. The van der Waals surface area contributed by atoms with Gasteiger partial charge in [-0.25, -0.2) is 0 Å². The smallest absolute Gasteiger partial charge is 0.132 e. The monoisotopic (exact) mass is 176 g/mol. The van der Waals surface area contributed by atoms with Gasteiger partial charge in [-0.2, -0.15) is 0 Å². The van der Waals surface area contributed by atoms with Gasteiger partial charge >= 0.3 is 0 Å². The minimum atomic E-state index is 0.141. The van der Waals surface area contributed by atoms with Crippen molar-refractivity contribution in [1.82, 2.24) is 0 Å². The Hall–Kier alpha value is -1.11. The molecule has 0 aromatic heterocycles. The molecule has 13 heavy (non-hydrogen) atoms. The van der Waals surface area contributed by atoms with Gasteiger partial charge in [0, 0.05) is 5.92 Å². The van der Waals surface area contributed by atoms with E-state index in [0.29, 0.717) is 0 Å². The second-order valence-electron chi connectivity index (χ2n) is 3.70. The van der Waals surface area contributed by atoms with Gasteiger partial charge in [0.2, 0.25) is 0 Å². The Balaban J connectivity index is 2.64. The molecule has 1 aromatic rings. The molecule has 0 spiro atoms. The summed E-state index contributed by atoms with van der Waals surface area (Å²) in [5.41, 5.74) is 2.51. The van der Waals surface area contributed by atoms with Gasteiger partial charge in [-0.05, 0) is 25.8 Å². The third-order valence-electron chi connectivity index (χ3n) is 2.36. The number of rotatable bonds is 3. The molecule has 1 aromatic carbocycles. The van der Waals surface area contributed by atoms with Crippen LogP contribution in [0.3, 0.4) is 0 Å². The number of benzene rings is 1. The summed E-state index contributed by atoms with van der Waals surface area (Å²) in [5.74, 6) is 0.406. The molecule has 0 aliphatic rings. The van der Waals surface area contributed by atoms with E-state index in [1.54, 1.807) is 6.92 Å². The molecule has 0 unspecified atom stereocenters. The number of carbonyl (C=O) groups is 1. The number of hydrogen-bond acceptors (Lipinski definition) is 1. The molecule has 1 nitrogen and oxygen atoms in total. The van der Waals surface area contributed by atoms with Gasteiger partial charge < -0.3 is 0 Å². The van der Waals surface area contributed by atoms with Gasteiger partial charge in [0.05, 0.1) is 0 Å². The molecular formula is C12H16O. The fourth-order valence-electron chi connectivity index (χ4n) is 1.22. The SMILES string of the molecule is CC(=O)[C@@H](C)Cc1ccc(C)cc1. The Morgan fingerprint density at radius 1 is 1.31 bits per heavy atom. The molecule has 0 heterocycles. The minimum Gasteiger partial charge on any atom is -0.300 e. The lowest BCUT2D eigenvalue weighted by atomic mass is 9.97. The summed E-state index contributed by atoms with van der Waals surface area (Å²) in [6, 6.07) is 8.36. The van der Waals surface area contributed by atoms with Crippen molar-refractivity contribution in [3.63, 3.8) is 0 Å². The summed E-state index contributed by atoms with van der Waals surface area (Å²) in [6.45, 7) is 5.69. The second-order valence-corrected chi connectivity index (χ2v) is 3.70. The molecule has 1 atom stereocenters. The van der Waals surface area contributed by atoms with Gasteiger partial charge in [-0.3, -0.25) is 4.79 Å². The molecule has 1 heteroatoms. The van der Waals surface area contributed by atoms with Crippen LogP contribution in [-0.4, -0.2) is 5.78 Å². The number of ketones is 1. The van der Waals surface area contributed by atoms with E-state index in [4.69, 9.17) is 0 Å². The third kappa shape index (κ3) is 3.02. The predicted molar refractivity (Wildman–Crippen MR) is 54.7 cm³/mol. The zero-order valence-electron chi connectivity index (χ0n) is 8.50. The van der Waals surface area contributed by atoms with Gasteiger partial charge in [-0.15, -0.1) is 0 Å². The summed E-state index contributed by atoms with van der Waals surface area (Å²) >= 11 is 0. The number of carbonyl (C=O) groups excluding carboxylic acids is 1. The fourth-order valence-corrected chi connectivity index (χ4v) is 1.22. The van der Waals surface area contributed by atoms with E-state index in [0.717, 1.165) is 6.42 Å². The van der Waals surface area contributed by atoms with Crippen LogP contribution < -0.4 is 0 Å². The Bertz CT molecular complexity index is 284. The lowest BCUT2D eigenvalue weighted by Gasteiger charge is -2.07. The summed E-state index contributed by atoms with van der Waals surface area (Å²) in [7, 11) is 0. The molecule has 0 fully saturated rings. The van der Waals surface area contributed by atoms with Gasteiger partial charge in [-0.1, -0.05) is 36.8 Å². The minimum absolute atomic E-state index is 0.141. The van der Waals surface area contributed by atoms with Crippen molar-refractivity contribution in [2.45, 2.75) is 27.2 Å². The number of Topliss-reactive ketones (excluding diaryl/α,β-unsaturated/α-hetero) is 1. The van der Waals surface area contributed by atoms with E-state index in [9.17, 15) is 4.79 Å². The van der Waals surface area contributed by atoms with Crippen LogP contribution in [0.2, 0.25) is 0 Å². The van der Waals surface area contributed by atoms with Crippen molar-refractivity contribution in [3.05, 3.63) is 35.4 Å². The molecule has 0 bridgehead atoms. The first-order chi connectivity index (χ1) is 6.09. The van der Waals surface area contributed by atoms with Crippen LogP contribution in [0.5, 0.6) is 0 Å². The Labute approximate surface area is 79.8 Å². The first-order valence-electron chi connectivity index (χ1n) is 4.65. The van der Waals surface area contributed by atoms with Crippen molar-refractivity contribution < 1.29 is 4.79 Å². The maximum Gasteiger partial charge on any atom is 0.132 e. The van der Waals surface area contributed by atoms with Crippen LogP contribution in [0.4, 0.5) is 0 Å². The Kier molecular flexibility index (Phi) is 3.24. The van der Waals surface area contributed by atoms with Crippen LogP contribution in [0, 0.1) is 12.8 Å². The zero-order valence-corrected chi connectivity index (χ0v) is 8.50. The highest BCUT2D eigenvalue weighted by atomic mass is 16.1. The molecular weight excluding hydrogens is 160 g/mol. The van der Waals surface area contributed by atoms with Crippen molar-refractivity contribution in [2.24, 2.45) is 5.92 Å². The topological polar surface area (TPSA) is 17.1 Å². The maximum atomic E-state index is 11.0. The lowest BCUT2D eigenvalue weighted by molar-refractivity contribution is -0.120. The molecule has 1 rings (SSSR count). The first-order valence-corrected chi connectivity index (χ1v) is 4.65. The number of aryl methyl sites for hydroxylation is 1. The number of hydrogen-bond donors (Lipinski definition) is 0. The standard InChI is InChI=1S/C12H16O/c1-9-4-6-12(7-5-9)8-10(2)11(3)13/h4-7,10H,8H2,1-3H3/t10-/m0/s1. The van der Waals surface area contributed by atoms with Crippen LogP contribution in [0.1, 0.15) is 25.0 Å². The average Bonchev–Trinajstić information content (AvgIpc) is 2.08. The highest BCUT2D eigenvalue weighted by Crippen LogP contribution is 2.10. The summed E-state index contributed by atoms with van der Waals surface area (Å²) in [4.78, 5) is 11.0. The maximum absolute atomic E-state index is 11.0. The summed E-state index contributed by atoms with van der Waals surface area (Å²) < 4.78 is 0. The average molecular weight is 176 g/mol. The molecule has 0 aliphatic heterocycles. The van der Waals surface area contributed by atoms with Crippen LogP contribution >= 0.6 is 0 Å². The normalized spacial score (nSPS) is 12.5. The van der Waals surface area contributed by atoms with E-state index < -0.39 is 0 Å². The summed E-state index contributed by atoms with van der Waals surface area (Å²) in [6.07, 6.45) is 0.857. The first kappa shape index (κ1) is 9.97. The molecule has 0 saturated heterocycles. The highest BCUT2D eigenvalue weighted by molar-refractivity contribution is 5.78. The fraction of sp³-hybridized carbons (Fsp3) is 0.417. The molecule has 0 amide bonds. The highest BCUT2D eigenvalue weighted by Gasteiger charge is 2.07. The van der Waals surface area contributed by atoms with Crippen LogP contribution in [0.15, 0.2) is 24.3 Å². The van der Waals surface area contributed by atoms with Crippen molar-refractivity contribution in [1.29, 1.82) is 0 Å². The predicted octanol–water partition coefficient (Wildman–Crippen LogP) is 2.76. The Morgan fingerprint density at radius 2 is 1.85 bits per heavy atom. The van der Waals surface area contributed by atoms with Gasteiger partial charge in [0.25, 0.3) is 0 Å². The van der Waals surface area contributed by atoms with E-state index in [2.05, 4.69) is 31.2 Å². The van der Waals surface area contributed by atoms with Gasteiger partial charge in [0.1, 0.15) is 5.78 Å². The van der Waals surface area contributed by atoms with E-state index in [1.165, 1.54) is 11.1 Å². The van der Waals surface area contributed by atoms with Crippen LogP contribution in [0.25, 0.3) is 0 Å². The molecule has 70 valence electrons. The Morgan fingerprint density at radius 3 is 2.31 bits per heavy atom. The molecule has 0 saturated carbocycles. The van der Waals surface area contributed by atoms with Crippen molar-refractivity contribution >= 4 is 5.78 Å². The molecule has 0 N–H and O–H groups in total. The quantitative estimate of drug-likeness (QED) is 0.692. The largest absolute Gasteiger partial charge is 0.300 e. The molecule has 0 aliphatic carbocycles. The van der Waals surface area contributed by atoms with Crippen LogP contribution in [-0.2, 0) is 11.2 Å². The second kappa shape index (κ2) is 4.22. The van der Waals surface area contributed by atoms with Crippen molar-refractivity contribution in [3.8, 4) is 0 Å². The van der Waals surface area contributed by atoms with E-state index >= 15 is 0 Å². The third-order valence-corrected chi connectivity index (χ3v) is 2.36. The summed E-state index contributed by atoms with van der Waals surface area (Å²) in [5, 5.41) is 0. The van der Waals surface area contributed by atoms with Gasteiger partial charge in [0.15, 0.2) is 0 Å². The van der Waals surface area contributed by atoms with E-state index in [-0.39, 0.29) is 11.7 Å².